The molecule has 0 unspecified atom stereocenters. The minimum atomic E-state index is -1.06. The standard InChI is InChI=1S/C45H78O6/c1-4-5-6-7-8-9-10-15-19-22-25-28-31-35-42(46)36-33-38-45(49)51-40-43(47)39-50-44(48)37-32-29-26-23-20-17-14-12-11-13-16-18-21-24-27-30-34-41(2)3/h8-9,15,19,25,28,31,35,41,43,47H,4-7,10-14,16-18,20-24,26-27,29-30,32-34,36-40H2,1-3H3/b9-8-,19-15-,28-25-,35-31+/t43-/m1/s1. The van der Waals surface area contributed by atoms with E-state index in [0.29, 0.717) is 12.8 Å². The van der Waals surface area contributed by atoms with Crippen LogP contribution in [0.4, 0.5) is 0 Å². The van der Waals surface area contributed by atoms with Crippen molar-refractivity contribution in [2.24, 2.45) is 5.92 Å². The van der Waals surface area contributed by atoms with Gasteiger partial charge in [-0.3, -0.25) is 14.4 Å². The lowest BCUT2D eigenvalue weighted by molar-refractivity contribution is -0.152. The fraction of sp³-hybridized carbons (Fsp3) is 0.756. The number of carbonyl (C=O) groups is 3. The molecule has 0 amide bonds. The molecule has 0 spiro atoms. The Morgan fingerprint density at radius 3 is 1.53 bits per heavy atom. The minimum Gasteiger partial charge on any atom is -0.463 e. The summed E-state index contributed by atoms with van der Waals surface area (Å²) in [5, 5.41) is 10.0. The average Bonchev–Trinajstić information content (AvgIpc) is 3.11. The number of hydrogen-bond donors (Lipinski definition) is 1. The molecule has 0 aromatic carbocycles. The zero-order valence-electron chi connectivity index (χ0n) is 33.3. The maximum absolute atomic E-state index is 12.0. The van der Waals surface area contributed by atoms with E-state index in [0.717, 1.165) is 44.4 Å². The molecule has 0 saturated heterocycles. The highest BCUT2D eigenvalue weighted by molar-refractivity contribution is 5.90. The monoisotopic (exact) mass is 715 g/mol. The van der Waals surface area contributed by atoms with Crippen LogP contribution in [0.1, 0.15) is 194 Å². The van der Waals surface area contributed by atoms with Crippen molar-refractivity contribution in [3.05, 3.63) is 48.6 Å². The summed E-state index contributed by atoms with van der Waals surface area (Å²) in [5.41, 5.74) is 0. The number of carbonyl (C=O) groups excluding carboxylic acids is 3. The molecular weight excluding hydrogens is 636 g/mol. The Balaban J connectivity index is 3.59. The van der Waals surface area contributed by atoms with E-state index in [4.69, 9.17) is 9.47 Å². The van der Waals surface area contributed by atoms with E-state index in [1.165, 1.54) is 115 Å². The number of ketones is 1. The van der Waals surface area contributed by atoms with Crippen LogP contribution in [-0.4, -0.2) is 42.1 Å². The van der Waals surface area contributed by atoms with Crippen molar-refractivity contribution in [3.63, 3.8) is 0 Å². The van der Waals surface area contributed by atoms with Crippen LogP contribution in [-0.2, 0) is 23.9 Å². The van der Waals surface area contributed by atoms with Crippen LogP contribution in [0.5, 0.6) is 0 Å². The predicted molar refractivity (Wildman–Crippen MR) is 215 cm³/mol. The molecule has 0 aliphatic rings. The average molecular weight is 715 g/mol. The zero-order valence-corrected chi connectivity index (χ0v) is 33.3. The molecule has 6 nitrogen and oxygen atoms in total. The van der Waals surface area contributed by atoms with E-state index in [1.54, 1.807) is 6.08 Å². The highest BCUT2D eigenvalue weighted by atomic mass is 16.6. The van der Waals surface area contributed by atoms with Gasteiger partial charge in [0.25, 0.3) is 0 Å². The van der Waals surface area contributed by atoms with Gasteiger partial charge in [-0.1, -0.05) is 179 Å². The van der Waals surface area contributed by atoms with Gasteiger partial charge in [0.1, 0.15) is 19.3 Å². The van der Waals surface area contributed by atoms with Crippen molar-refractivity contribution in [2.45, 2.75) is 200 Å². The van der Waals surface area contributed by atoms with Crippen molar-refractivity contribution < 1.29 is 29.0 Å². The molecule has 0 aliphatic heterocycles. The molecule has 51 heavy (non-hydrogen) atoms. The van der Waals surface area contributed by atoms with Crippen LogP contribution in [0, 0.1) is 5.92 Å². The topological polar surface area (TPSA) is 89.9 Å². The highest BCUT2D eigenvalue weighted by Crippen LogP contribution is 2.15. The highest BCUT2D eigenvalue weighted by Gasteiger charge is 2.12. The molecule has 0 fully saturated rings. The predicted octanol–water partition coefficient (Wildman–Crippen LogP) is 12.4. The van der Waals surface area contributed by atoms with Gasteiger partial charge in [0.2, 0.25) is 0 Å². The van der Waals surface area contributed by atoms with E-state index in [9.17, 15) is 19.5 Å². The van der Waals surface area contributed by atoms with Crippen molar-refractivity contribution in [3.8, 4) is 0 Å². The van der Waals surface area contributed by atoms with Gasteiger partial charge in [-0.15, -0.1) is 0 Å². The molecule has 0 saturated carbocycles. The molecule has 0 aromatic heterocycles. The third kappa shape index (κ3) is 40.2. The Hall–Kier alpha value is -2.47. The number of ether oxygens (including phenoxy) is 2. The number of esters is 2. The van der Waals surface area contributed by atoms with Gasteiger partial charge in [-0.2, -0.15) is 0 Å². The van der Waals surface area contributed by atoms with E-state index in [2.05, 4.69) is 45.1 Å². The number of allylic oxidation sites excluding steroid dienone is 8. The number of aliphatic hydroxyl groups excluding tert-OH is 1. The third-order valence-corrected chi connectivity index (χ3v) is 8.97. The first kappa shape index (κ1) is 48.5. The summed E-state index contributed by atoms with van der Waals surface area (Å²) in [5.74, 6) is -0.00552. The normalized spacial score (nSPS) is 12.6. The van der Waals surface area contributed by atoms with Crippen molar-refractivity contribution in [1.82, 2.24) is 0 Å². The fourth-order valence-corrected chi connectivity index (χ4v) is 5.75. The van der Waals surface area contributed by atoms with Gasteiger partial charge in [-0.05, 0) is 50.5 Å². The summed E-state index contributed by atoms with van der Waals surface area (Å²) < 4.78 is 10.2. The Bertz CT molecular complexity index is 931. The van der Waals surface area contributed by atoms with Gasteiger partial charge in [0.05, 0.1) is 0 Å². The van der Waals surface area contributed by atoms with Gasteiger partial charge in [0.15, 0.2) is 5.78 Å². The molecular formula is C45H78O6. The maximum Gasteiger partial charge on any atom is 0.305 e. The van der Waals surface area contributed by atoms with E-state index in [1.807, 2.05) is 12.2 Å². The minimum absolute atomic E-state index is 0.0483. The SMILES string of the molecule is CCCCC/C=C\C/C=C\C/C=C\C=C\C(=O)CCCC(=O)OC[C@H](O)COC(=O)CCCCCCCCCCCCCCCCCCC(C)C. The summed E-state index contributed by atoms with van der Waals surface area (Å²) in [6.07, 6.45) is 44.6. The van der Waals surface area contributed by atoms with Gasteiger partial charge < -0.3 is 14.6 Å². The molecule has 0 bridgehead atoms. The second-order valence-electron chi connectivity index (χ2n) is 14.6. The van der Waals surface area contributed by atoms with Gasteiger partial charge >= 0.3 is 11.9 Å². The zero-order chi connectivity index (χ0) is 37.5. The largest absolute Gasteiger partial charge is 0.463 e. The number of unbranched alkanes of at least 4 members (excludes halogenated alkanes) is 18. The molecule has 294 valence electrons. The lowest BCUT2D eigenvalue weighted by Gasteiger charge is -2.12. The van der Waals surface area contributed by atoms with Crippen LogP contribution in [0.2, 0.25) is 0 Å². The Kier molecular flexibility index (Phi) is 36.9. The second kappa shape index (κ2) is 38.8. The number of hydrogen-bond acceptors (Lipinski definition) is 6. The lowest BCUT2D eigenvalue weighted by Crippen LogP contribution is -2.25. The van der Waals surface area contributed by atoms with E-state index >= 15 is 0 Å². The van der Waals surface area contributed by atoms with E-state index < -0.39 is 12.1 Å². The second-order valence-corrected chi connectivity index (χ2v) is 14.6. The van der Waals surface area contributed by atoms with Gasteiger partial charge in [-0.25, -0.2) is 0 Å². The summed E-state index contributed by atoms with van der Waals surface area (Å²) >= 11 is 0. The van der Waals surface area contributed by atoms with Crippen LogP contribution >= 0.6 is 0 Å². The van der Waals surface area contributed by atoms with Crippen LogP contribution in [0.15, 0.2) is 48.6 Å². The van der Waals surface area contributed by atoms with Crippen LogP contribution < -0.4 is 0 Å². The first-order chi connectivity index (χ1) is 24.8. The molecule has 1 atom stereocenters. The lowest BCUT2D eigenvalue weighted by atomic mass is 10.0. The van der Waals surface area contributed by atoms with Crippen molar-refractivity contribution in [1.29, 1.82) is 0 Å². The Labute approximate surface area is 314 Å². The maximum atomic E-state index is 12.0. The van der Waals surface area contributed by atoms with Crippen LogP contribution in [0.3, 0.4) is 0 Å². The molecule has 0 aliphatic carbocycles. The summed E-state index contributed by atoms with van der Waals surface area (Å²) in [7, 11) is 0. The number of rotatable bonds is 37. The molecule has 0 radical (unpaired) electrons. The quantitative estimate of drug-likeness (QED) is 0.0226. The third-order valence-electron chi connectivity index (χ3n) is 8.97. The molecule has 1 N–H and O–H groups in total. The van der Waals surface area contributed by atoms with Gasteiger partial charge in [0, 0.05) is 19.3 Å². The Morgan fingerprint density at radius 1 is 0.529 bits per heavy atom. The summed E-state index contributed by atoms with van der Waals surface area (Å²) in [6.45, 7) is 6.43. The van der Waals surface area contributed by atoms with Crippen molar-refractivity contribution in [2.75, 3.05) is 13.2 Å². The molecule has 0 aromatic rings. The first-order valence-corrected chi connectivity index (χ1v) is 21.0. The summed E-state index contributed by atoms with van der Waals surface area (Å²) in [6, 6.07) is 0. The first-order valence-electron chi connectivity index (χ1n) is 21.0. The molecule has 0 heterocycles. The Morgan fingerprint density at radius 2 is 1.00 bits per heavy atom. The fourth-order valence-electron chi connectivity index (χ4n) is 5.75. The number of aliphatic hydroxyl groups is 1. The van der Waals surface area contributed by atoms with Crippen LogP contribution in [0.25, 0.3) is 0 Å². The van der Waals surface area contributed by atoms with E-state index in [-0.39, 0.29) is 37.8 Å². The summed E-state index contributed by atoms with van der Waals surface area (Å²) in [4.78, 5) is 36.0. The molecule has 0 rings (SSSR count). The van der Waals surface area contributed by atoms with Crippen molar-refractivity contribution >= 4 is 17.7 Å². The smallest absolute Gasteiger partial charge is 0.305 e. The molecule has 6 heteroatoms.